The molecule has 4 atom stereocenters. The number of rotatable bonds is 4. The van der Waals surface area contributed by atoms with E-state index >= 15 is 0 Å². The Morgan fingerprint density at radius 2 is 2.47 bits per heavy atom. The highest BCUT2D eigenvalue weighted by molar-refractivity contribution is 5.82. The molecular formula is C13H22O2. The molecule has 2 aliphatic rings. The number of ketones is 1. The van der Waals surface area contributed by atoms with Crippen LogP contribution in [0.1, 0.15) is 59.2 Å². The highest BCUT2D eigenvalue weighted by Gasteiger charge is 2.47. The van der Waals surface area contributed by atoms with Crippen LogP contribution in [0.4, 0.5) is 0 Å². The molecule has 0 bridgehead atoms. The third-order valence-corrected chi connectivity index (χ3v) is 3.39. The summed E-state index contributed by atoms with van der Waals surface area (Å²) in [5, 5.41) is 0. The second-order valence-electron chi connectivity index (χ2n) is 4.46. The summed E-state index contributed by atoms with van der Waals surface area (Å²) >= 11 is 0. The van der Waals surface area contributed by atoms with Crippen molar-refractivity contribution in [3.63, 3.8) is 0 Å². The molecule has 1 saturated carbocycles. The van der Waals surface area contributed by atoms with Crippen LogP contribution in [0.5, 0.6) is 0 Å². The zero-order valence-corrected chi connectivity index (χ0v) is 9.21. The van der Waals surface area contributed by atoms with Crippen LogP contribution in [0.3, 0.4) is 0 Å². The number of unbranched alkanes of at least 4 members (excludes halogenated alkanes) is 1. The Morgan fingerprint density at radius 3 is 3.20 bits per heavy atom. The standard InChI is InChI=1S/C13H22O2/c1-3-4-7-11(14)13-9(2)15-12-8-5-6-10(12)13/h9-10,12-13H,3-8H2,1-2H3/t9-,10-,12+,13+/m0/s1/i2D3,9D,13D. The predicted molar refractivity (Wildman–Crippen MR) is 59.7 cm³/mol. The molecule has 0 N–H and O–H groups in total. The largest absolute Gasteiger partial charge is 0.374 e. The summed E-state index contributed by atoms with van der Waals surface area (Å²) in [6.07, 6.45) is 0.781. The predicted octanol–water partition coefficient (Wildman–Crippen LogP) is 2.95. The van der Waals surface area contributed by atoms with Gasteiger partial charge in [-0.2, -0.15) is 0 Å². The quantitative estimate of drug-likeness (QED) is 0.720. The van der Waals surface area contributed by atoms with Crippen LogP contribution >= 0.6 is 0 Å². The van der Waals surface area contributed by atoms with Gasteiger partial charge in [0.1, 0.15) is 5.78 Å². The molecule has 0 aromatic heterocycles. The van der Waals surface area contributed by atoms with E-state index < -0.39 is 36.6 Å². The summed E-state index contributed by atoms with van der Waals surface area (Å²) in [5.74, 6) is -2.86. The van der Waals surface area contributed by atoms with E-state index in [1.807, 2.05) is 6.92 Å². The molecule has 1 aliphatic carbocycles. The van der Waals surface area contributed by atoms with Crippen molar-refractivity contribution in [1.82, 2.24) is 0 Å². The summed E-state index contributed by atoms with van der Waals surface area (Å²) in [7, 11) is 0. The molecule has 86 valence electrons. The van der Waals surface area contributed by atoms with E-state index in [0.29, 0.717) is 19.3 Å². The molecule has 0 spiro atoms. The fourth-order valence-electron chi connectivity index (χ4n) is 2.59. The third kappa shape index (κ3) is 2.10. The first-order chi connectivity index (χ1) is 9.18. The van der Waals surface area contributed by atoms with Crippen LogP contribution in [0.2, 0.25) is 0 Å². The molecular weight excluding hydrogens is 188 g/mol. The number of carbonyl (C=O) groups excluding carboxylic acids is 1. The van der Waals surface area contributed by atoms with E-state index in [9.17, 15) is 4.79 Å². The summed E-state index contributed by atoms with van der Waals surface area (Å²) in [5.41, 5.74) is 0. The Bertz CT molecular complexity index is 397. The van der Waals surface area contributed by atoms with Crippen LogP contribution in [0, 0.1) is 11.8 Å². The summed E-state index contributed by atoms with van der Waals surface area (Å²) in [6.45, 7) is -0.855. The Kier molecular flexibility index (Phi) is 1.98. The fourth-order valence-corrected chi connectivity index (χ4v) is 2.59. The maximum atomic E-state index is 12.5. The second kappa shape index (κ2) is 4.65. The minimum absolute atomic E-state index is 0.156. The van der Waals surface area contributed by atoms with Gasteiger partial charge >= 0.3 is 0 Å². The minimum Gasteiger partial charge on any atom is -0.374 e. The maximum absolute atomic E-state index is 12.5. The molecule has 2 fully saturated rings. The second-order valence-corrected chi connectivity index (χ2v) is 4.46. The summed E-state index contributed by atoms with van der Waals surface area (Å²) in [6, 6.07) is 0. The van der Waals surface area contributed by atoms with Gasteiger partial charge in [0.25, 0.3) is 0 Å². The number of Topliss-reactive ketones (excluding diaryl/α,β-unsaturated/α-hetero) is 1. The van der Waals surface area contributed by atoms with Crippen LogP contribution in [0.15, 0.2) is 0 Å². The van der Waals surface area contributed by atoms with E-state index in [1.54, 1.807) is 0 Å². The number of ether oxygens (including phenoxy) is 1. The topological polar surface area (TPSA) is 26.3 Å². The number of fused-ring (bicyclic) bond motifs is 1. The molecule has 2 heteroatoms. The highest BCUT2D eigenvalue weighted by Crippen LogP contribution is 2.43. The summed E-state index contributed by atoms with van der Waals surface area (Å²) < 4.78 is 45.0. The highest BCUT2D eigenvalue weighted by atomic mass is 16.5. The fraction of sp³-hybridized carbons (Fsp3) is 0.923. The Morgan fingerprint density at radius 1 is 1.60 bits per heavy atom. The normalized spacial score (nSPS) is 54.9. The van der Waals surface area contributed by atoms with Gasteiger partial charge in [-0.1, -0.05) is 19.8 Å². The average Bonchev–Trinajstić information content (AvgIpc) is 2.88. The van der Waals surface area contributed by atoms with E-state index in [-0.39, 0.29) is 6.42 Å². The van der Waals surface area contributed by atoms with Crippen molar-refractivity contribution in [3.05, 3.63) is 0 Å². The van der Waals surface area contributed by atoms with Gasteiger partial charge in [0.15, 0.2) is 0 Å². The number of hydrogen-bond acceptors (Lipinski definition) is 2. The molecule has 0 unspecified atom stereocenters. The van der Waals surface area contributed by atoms with Gasteiger partial charge in [0, 0.05) is 17.8 Å². The molecule has 1 saturated heterocycles. The Balaban J connectivity index is 2.39. The van der Waals surface area contributed by atoms with Crippen molar-refractivity contribution in [2.75, 3.05) is 0 Å². The van der Waals surface area contributed by atoms with Crippen LogP contribution in [-0.4, -0.2) is 18.0 Å². The molecule has 15 heavy (non-hydrogen) atoms. The number of hydrogen-bond donors (Lipinski definition) is 0. The first-order valence-electron chi connectivity index (χ1n) is 8.39. The van der Waals surface area contributed by atoms with Gasteiger partial charge in [-0.05, 0) is 32.0 Å². The first-order valence-corrected chi connectivity index (χ1v) is 5.89. The van der Waals surface area contributed by atoms with Crippen molar-refractivity contribution in [3.8, 4) is 0 Å². The lowest BCUT2D eigenvalue weighted by Crippen LogP contribution is -2.27. The van der Waals surface area contributed by atoms with E-state index in [0.717, 1.165) is 12.8 Å². The van der Waals surface area contributed by atoms with Gasteiger partial charge in [-0.3, -0.25) is 4.79 Å². The Hall–Kier alpha value is -0.370. The zero-order chi connectivity index (χ0) is 15.2. The molecule has 1 aliphatic heterocycles. The maximum Gasteiger partial charge on any atom is 0.138 e. The molecule has 0 radical (unpaired) electrons. The lowest BCUT2D eigenvalue weighted by atomic mass is 9.83. The Labute approximate surface area is 99.4 Å². The monoisotopic (exact) mass is 215 g/mol. The van der Waals surface area contributed by atoms with Gasteiger partial charge in [-0.15, -0.1) is 0 Å². The molecule has 0 aromatic rings. The zero-order valence-electron chi connectivity index (χ0n) is 14.2. The molecule has 1 heterocycles. The third-order valence-electron chi connectivity index (χ3n) is 3.39. The SMILES string of the molecule is [2H]C([2H])([2H])[C@]1([2H])O[C@@H]2CCC[C@@H]2[C@]1([2H])C(=O)CCCC. The van der Waals surface area contributed by atoms with Crippen molar-refractivity contribution < 1.29 is 16.4 Å². The molecule has 2 rings (SSSR count). The molecule has 0 amide bonds. The van der Waals surface area contributed by atoms with Gasteiger partial charge in [0.05, 0.1) is 13.6 Å². The van der Waals surface area contributed by atoms with E-state index in [2.05, 4.69) is 0 Å². The first kappa shape index (κ1) is 6.39. The minimum atomic E-state index is -2.79. The van der Waals surface area contributed by atoms with E-state index in [4.69, 9.17) is 11.6 Å². The lowest BCUT2D eigenvalue weighted by molar-refractivity contribution is -0.125. The molecule has 2 nitrogen and oxygen atoms in total. The van der Waals surface area contributed by atoms with Crippen molar-refractivity contribution in [2.24, 2.45) is 11.8 Å². The van der Waals surface area contributed by atoms with Crippen LogP contribution in [-0.2, 0) is 9.53 Å². The van der Waals surface area contributed by atoms with Crippen LogP contribution in [0.25, 0.3) is 0 Å². The average molecular weight is 215 g/mol. The number of carbonyl (C=O) groups is 1. The van der Waals surface area contributed by atoms with Crippen molar-refractivity contribution >= 4 is 5.78 Å². The van der Waals surface area contributed by atoms with Gasteiger partial charge in [0.2, 0.25) is 0 Å². The van der Waals surface area contributed by atoms with Gasteiger partial charge < -0.3 is 4.74 Å². The molecule has 0 aromatic carbocycles. The van der Waals surface area contributed by atoms with Crippen molar-refractivity contribution in [2.45, 2.75) is 64.5 Å². The van der Waals surface area contributed by atoms with Crippen molar-refractivity contribution in [1.29, 1.82) is 0 Å². The van der Waals surface area contributed by atoms with Crippen LogP contribution < -0.4 is 0 Å². The summed E-state index contributed by atoms with van der Waals surface area (Å²) in [4.78, 5) is 12.5. The smallest absolute Gasteiger partial charge is 0.138 e. The lowest BCUT2D eigenvalue weighted by Gasteiger charge is -2.17. The van der Waals surface area contributed by atoms with E-state index in [1.165, 1.54) is 0 Å². The van der Waals surface area contributed by atoms with Gasteiger partial charge in [-0.25, -0.2) is 0 Å².